The minimum absolute atomic E-state index is 0.0302. The summed E-state index contributed by atoms with van der Waals surface area (Å²) in [5.41, 5.74) is 0. The summed E-state index contributed by atoms with van der Waals surface area (Å²) in [6.45, 7) is 0. The predicted octanol–water partition coefficient (Wildman–Crippen LogP) is 4.01. The molecule has 0 aliphatic rings. The van der Waals surface area contributed by atoms with Crippen LogP contribution < -0.4 is 0 Å². The lowest BCUT2D eigenvalue weighted by atomic mass is 10.0. The van der Waals surface area contributed by atoms with Gasteiger partial charge < -0.3 is 0 Å². The fourth-order valence-corrected chi connectivity index (χ4v) is 1.96. The van der Waals surface area contributed by atoms with Crippen molar-refractivity contribution < 1.29 is 13.2 Å². The molecule has 0 nitrogen and oxygen atoms in total. The molecule has 0 spiro atoms. The van der Waals surface area contributed by atoms with E-state index in [9.17, 15) is 13.2 Å². The molecule has 0 heterocycles. The number of hydrogen-bond donors (Lipinski definition) is 0. The van der Waals surface area contributed by atoms with Crippen LogP contribution in [0.1, 0.15) is 0 Å². The zero-order valence-corrected chi connectivity index (χ0v) is 8.52. The first-order valence-corrected chi connectivity index (χ1v) is 4.96. The zero-order valence-electron chi connectivity index (χ0n) is 8.52. The minimum atomic E-state index is -0.881. The van der Waals surface area contributed by atoms with Gasteiger partial charge in [0.15, 0.2) is 0 Å². The highest BCUT2D eigenvalue weighted by molar-refractivity contribution is 6.07. The van der Waals surface area contributed by atoms with Crippen molar-refractivity contribution in [2.45, 2.75) is 0 Å². The first-order chi connectivity index (χ1) is 8.16. The third-order valence-electron chi connectivity index (χ3n) is 2.71. The number of halogens is 3. The minimum Gasteiger partial charge on any atom is -0.206 e. The van der Waals surface area contributed by atoms with Crippen molar-refractivity contribution >= 4 is 21.5 Å². The molecule has 0 bridgehead atoms. The predicted molar refractivity (Wildman–Crippen MR) is 59.0 cm³/mol. The normalized spacial score (nSPS) is 11.2. The van der Waals surface area contributed by atoms with Gasteiger partial charge in [0, 0.05) is 10.8 Å². The Kier molecular flexibility index (Phi) is 2.08. The van der Waals surface area contributed by atoms with E-state index in [1.165, 1.54) is 6.07 Å². The van der Waals surface area contributed by atoms with Crippen molar-refractivity contribution in [3.05, 3.63) is 59.9 Å². The van der Waals surface area contributed by atoms with Gasteiger partial charge in [-0.1, -0.05) is 12.1 Å². The fourth-order valence-electron chi connectivity index (χ4n) is 1.96. The van der Waals surface area contributed by atoms with Crippen LogP contribution in [0.2, 0.25) is 0 Å². The van der Waals surface area contributed by atoms with Crippen LogP contribution in [-0.4, -0.2) is 0 Å². The summed E-state index contributed by atoms with van der Waals surface area (Å²) < 4.78 is 40.3. The number of benzene rings is 3. The van der Waals surface area contributed by atoms with Gasteiger partial charge in [0.05, 0.1) is 6.07 Å². The summed E-state index contributed by atoms with van der Waals surface area (Å²) in [7, 11) is 0. The van der Waals surface area contributed by atoms with Gasteiger partial charge in [-0.05, 0) is 35.0 Å². The van der Waals surface area contributed by atoms with E-state index in [1.54, 1.807) is 12.1 Å². The van der Waals surface area contributed by atoms with Gasteiger partial charge in [0.1, 0.15) is 17.5 Å². The zero-order chi connectivity index (χ0) is 12.0. The van der Waals surface area contributed by atoms with Gasteiger partial charge in [-0.15, -0.1) is 0 Å². The Hall–Kier alpha value is -2.03. The highest BCUT2D eigenvalue weighted by atomic mass is 19.1. The molecule has 0 atom stereocenters. The maximum absolute atomic E-state index is 13.7. The van der Waals surface area contributed by atoms with Gasteiger partial charge in [-0.3, -0.25) is 0 Å². The molecule has 0 aliphatic carbocycles. The molecule has 82 valence electrons. The lowest BCUT2D eigenvalue weighted by molar-refractivity contribution is 0.587. The average molecular weight is 230 g/mol. The summed E-state index contributed by atoms with van der Waals surface area (Å²) in [5.74, 6) is -2.23. The first kappa shape index (κ1) is 10.1. The van der Waals surface area contributed by atoms with Gasteiger partial charge in [-0.2, -0.15) is 0 Å². The molecule has 3 heteroatoms. The molecule has 2 radical (unpaired) electrons. The third kappa shape index (κ3) is 1.46. The van der Waals surface area contributed by atoms with Gasteiger partial charge >= 0.3 is 0 Å². The molecular weight excluding hydrogens is 225 g/mol. The molecule has 0 unspecified atom stereocenters. The summed E-state index contributed by atoms with van der Waals surface area (Å²) in [6.07, 6.45) is 0. The smallest absolute Gasteiger partial charge is 0.142 e. The van der Waals surface area contributed by atoms with E-state index in [0.29, 0.717) is 16.2 Å². The highest BCUT2D eigenvalue weighted by Gasteiger charge is 2.11. The van der Waals surface area contributed by atoms with Crippen LogP contribution in [0.25, 0.3) is 21.5 Å². The fraction of sp³-hybridized carbons (Fsp3) is 0. The van der Waals surface area contributed by atoms with Crippen LogP contribution in [0.4, 0.5) is 13.2 Å². The van der Waals surface area contributed by atoms with E-state index in [0.717, 1.165) is 12.1 Å². The second kappa shape index (κ2) is 3.48. The largest absolute Gasteiger partial charge is 0.206 e. The van der Waals surface area contributed by atoms with Gasteiger partial charge in [0.25, 0.3) is 0 Å². The Bertz CT molecular complexity index is 732. The Labute approximate surface area is 95.3 Å². The Morgan fingerprint density at radius 1 is 0.882 bits per heavy atom. The van der Waals surface area contributed by atoms with E-state index >= 15 is 0 Å². The van der Waals surface area contributed by atoms with Crippen molar-refractivity contribution in [3.63, 3.8) is 0 Å². The maximum atomic E-state index is 13.7. The van der Waals surface area contributed by atoms with E-state index in [-0.39, 0.29) is 5.39 Å². The van der Waals surface area contributed by atoms with Crippen molar-refractivity contribution in [3.8, 4) is 0 Å². The first-order valence-electron chi connectivity index (χ1n) is 4.96. The van der Waals surface area contributed by atoms with Crippen LogP contribution in [0.3, 0.4) is 0 Å². The lowest BCUT2D eigenvalue weighted by Gasteiger charge is -2.06. The number of hydrogen-bond acceptors (Lipinski definition) is 0. The Balaban J connectivity index is 2.63. The summed E-state index contributed by atoms with van der Waals surface area (Å²) in [6, 6.07) is 11.5. The highest BCUT2D eigenvalue weighted by Crippen LogP contribution is 2.29. The quantitative estimate of drug-likeness (QED) is 0.512. The number of rotatable bonds is 0. The maximum Gasteiger partial charge on any atom is 0.142 e. The van der Waals surface area contributed by atoms with Crippen molar-refractivity contribution in [2.24, 2.45) is 0 Å². The summed E-state index contributed by atoms with van der Waals surface area (Å²) in [5, 5.41) is 1.13. The van der Waals surface area contributed by atoms with Crippen LogP contribution >= 0.6 is 0 Å². The molecule has 0 aliphatic heterocycles. The standard InChI is InChI=1S/C14H5F3/c15-8-5-11-9-3-1-2-4-10(9)14(17)7-12(11)13(16)6-8/h1,3-5,7H. The Morgan fingerprint density at radius 3 is 2.53 bits per heavy atom. The molecule has 0 saturated heterocycles. The SMILES string of the molecule is Fc1[c]c(F)c2cc(F)c3c[c]ccc3c2c1. The van der Waals surface area contributed by atoms with Crippen LogP contribution in [-0.2, 0) is 0 Å². The van der Waals surface area contributed by atoms with E-state index in [2.05, 4.69) is 6.07 Å². The molecule has 3 aromatic rings. The third-order valence-corrected chi connectivity index (χ3v) is 2.71. The molecule has 0 aromatic heterocycles. The van der Waals surface area contributed by atoms with Crippen LogP contribution in [0, 0.1) is 29.6 Å². The second-order valence-electron chi connectivity index (χ2n) is 3.72. The van der Waals surface area contributed by atoms with E-state index in [1.807, 2.05) is 6.07 Å². The van der Waals surface area contributed by atoms with Gasteiger partial charge in [-0.25, -0.2) is 13.2 Å². The van der Waals surface area contributed by atoms with Crippen molar-refractivity contribution in [1.29, 1.82) is 0 Å². The lowest BCUT2D eigenvalue weighted by Crippen LogP contribution is -1.88. The van der Waals surface area contributed by atoms with Crippen molar-refractivity contribution in [2.75, 3.05) is 0 Å². The van der Waals surface area contributed by atoms with Crippen LogP contribution in [0.5, 0.6) is 0 Å². The molecule has 0 saturated carbocycles. The van der Waals surface area contributed by atoms with E-state index < -0.39 is 17.5 Å². The van der Waals surface area contributed by atoms with E-state index in [4.69, 9.17) is 0 Å². The van der Waals surface area contributed by atoms with Crippen molar-refractivity contribution in [1.82, 2.24) is 0 Å². The molecule has 17 heavy (non-hydrogen) atoms. The van der Waals surface area contributed by atoms with Gasteiger partial charge in [0.2, 0.25) is 0 Å². The molecule has 0 amide bonds. The Morgan fingerprint density at radius 2 is 1.71 bits per heavy atom. The molecule has 3 rings (SSSR count). The second-order valence-corrected chi connectivity index (χ2v) is 3.72. The topological polar surface area (TPSA) is 0 Å². The average Bonchev–Trinajstić information content (AvgIpc) is 2.31. The molecule has 0 N–H and O–H groups in total. The molecular formula is C14H5F3. The molecule has 3 aromatic carbocycles. The monoisotopic (exact) mass is 230 g/mol. The molecule has 0 fully saturated rings. The van der Waals surface area contributed by atoms with Crippen LogP contribution in [0.15, 0.2) is 30.3 Å². The number of fused-ring (bicyclic) bond motifs is 3. The summed E-state index contributed by atoms with van der Waals surface area (Å²) >= 11 is 0. The summed E-state index contributed by atoms with van der Waals surface area (Å²) in [4.78, 5) is 0.